The van der Waals surface area contributed by atoms with E-state index in [1.54, 1.807) is 0 Å². The second kappa shape index (κ2) is 13.2. The van der Waals surface area contributed by atoms with Crippen molar-refractivity contribution in [1.29, 1.82) is 10.5 Å². The Morgan fingerprint density at radius 3 is 1.72 bits per heavy atom. The smallest absolute Gasteiger partial charge is 0.101 e. The zero-order valence-corrected chi connectivity index (χ0v) is 26.2. The van der Waals surface area contributed by atoms with Gasteiger partial charge >= 0.3 is 0 Å². The molecule has 3 nitrogen and oxygen atoms in total. The van der Waals surface area contributed by atoms with Gasteiger partial charge in [0, 0.05) is 27.8 Å². The third kappa shape index (κ3) is 5.71. The van der Waals surface area contributed by atoms with Crippen molar-refractivity contribution in [3.05, 3.63) is 161 Å². The molecular formula is C43H33N3. The molecule has 0 saturated carbocycles. The van der Waals surface area contributed by atoms with E-state index in [0.717, 1.165) is 55.3 Å². The van der Waals surface area contributed by atoms with Crippen LogP contribution in [0.4, 0.5) is 17.1 Å². The summed E-state index contributed by atoms with van der Waals surface area (Å²) in [6.45, 7) is 6.00. The largest absolute Gasteiger partial charge is 0.310 e. The van der Waals surface area contributed by atoms with Crippen LogP contribution in [0.3, 0.4) is 0 Å². The quantitative estimate of drug-likeness (QED) is 0.148. The second-order valence-corrected chi connectivity index (χ2v) is 11.0. The third-order valence-corrected chi connectivity index (χ3v) is 8.15. The van der Waals surface area contributed by atoms with Crippen LogP contribution in [-0.4, -0.2) is 0 Å². The molecule has 0 fully saturated rings. The Morgan fingerprint density at radius 1 is 0.478 bits per heavy atom. The Kier molecular flexibility index (Phi) is 8.60. The van der Waals surface area contributed by atoms with Crippen LogP contribution in [0, 0.1) is 29.6 Å². The number of anilines is 3. The number of para-hydroxylation sites is 1. The normalized spacial score (nSPS) is 10.8. The van der Waals surface area contributed by atoms with Crippen LogP contribution >= 0.6 is 0 Å². The van der Waals surface area contributed by atoms with Gasteiger partial charge in [-0.25, -0.2) is 0 Å². The van der Waals surface area contributed by atoms with E-state index < -0.39 is 0 Å². The van der Waals surface area contributed by atoms with E-state index in [1.807, 2.05) is 51.1 Å². The van der Waals surface area contributed by atoms with Gasteiger partial charge in [0.05, 0.1) is 11.1 Å². The summed E-state index contributed by atoms with van der Waals surface area (Å²) in [4.78, 5) is 2.27. The Morgan fingerprint density at radius 2 is 1.02 bits per heavy atom. The molecule has 46 heavy (non-hydrogen) atoms. The minimum absolute atomic E-state index is 0.426. The number of hydrogen-bond donors (Lipinski definition) is 0. The molecule has 0 atom stereocenters. The standard InChI is InChI=1S/C41H27N3.C2H6/c1-28-11-21-36-37-22-16-30(24-39(37)41(27-43)40(26-42)38(36)23-28)13-12-29-14-18-34(19-15-29)44(33-9-3-2-4-10-33)35-20-17-31-7-5-6-8-32(31)25-35;1-2/h2-25H,1H3;1-2H3. The summed E-state index contributed by atoms with van der Waals surface area (Å²) in [6, 6.07) is 50.7. The van der Waals surface area contributed by atoms with Gasteiger partial charge in [0.15, 0.2) is 0 Å². The first-order valence-corrected chi connectivity index (χ1v) is 15.6. The molecule has 0 spiro atoms. The first-order chi connectivity index (χ1) is 22.6. The van der Waals surface area contributed by atoms with Gasteiger partial charge in [-0.1, -0.05) is 123 Å². The lowest BCUT2D eigenvalue weighted by Crippen LogP contribution is -2.09. The molecule has 0 N–H and O–H groups in total. The molecule has 0 heterocycles. The van der Waals surface area contributed by atoms with Gasteiger partial charge in [-0.15, -0.1) is 0 Å². The molecule has 220 valence electrons. The summed E-state index contributed by atoms with van der Waals surface area (Å²) in [7, 11) is 0. The van der Waals surface area contributed by atoms with Gasteiger partial charge in [-0.2, -0.15) is 10.5 Å². The lowest BCUT2D eigenvalue weighted by Gasteiger charge is -2.26. The minimum Gasteiger partial charge on any atom is -0.310 e. The van der Waals surface area contributed by atoms with E-state index in [9.17, 15) is 10.5 Å². The number of rotatable bonds is 5. The Balaban J connectivity index is 0.00000182. The van der Waals surface area contributed by atoms with E-state index in [0.29, 0.717) is 11.1 Å². The summed E-state index contributed by atoms with van der Waals surface area (Å²) in [5.41, 5.74) is 7.21. The van der Waals surface area contributed by atoms with Crippen molar-refractivity contribution in [2.45, 2.75) is 20.8 Å². The minimum atomic E-state index is 0.426. The van der Waals surface area contributed by atoms with Gasteiger partial charge in [-0.3, -0.25) is 0 Å². The first kappa shape index (κ1) is 29.9. The number of nitrogens with zero attached hydrogens (tertiary/aromatic N) is 3. The predicted octanol–water partition coefficient (Wildman–Crippen LogP) is 11.9. The number of benzene rings is 7. The van der Waals surface area contributed by atoms with E-state index in [-0.39, 0.29) is 0 Å². The maximum Gasteiger partial charge on any atom is 0.101 e. The predicted molar refractivity (Wildman–Crippen MR) is 195 cm³/mol. The molecule has 0 aliphatic rings. The van der Waals surface area contributed by atoms with E-state index in [1.165, 1.54) is 10.8 Å². The van der Waals surface area contributed by atoms with Crippen molar-refractivity contribution in [3.63, 3.8) is 0 Å². The monoisotopic (exact) mass is 591 g/mol. The zero-order chi connectivity index (χ0) is 32.0. The van der Waals surface area contributed by atoms with Crippen LogP contribution in [0.2, 0.25) is 0 Å². The molecule has 0 amide bonds. The second-order valence-electron chi connectivity index (χ2n) is 11.0. The van der Waals surface area contributed by atoms with Crippen LogP contribution in [-0.2, 0) is 0 Å². The topological polar surface area (TPSA) is 50.8 Å². The Hall–Kier alpha value is -6.16. The van der Waals surface area contributed by atoms with Gasteiger partial charge in [0.1, 0.15) is 12.1 Å². The van der Waals surface area contributed by atoms with E-state index >= 15 is 0 Å². The highest BCUT2D eigenvalue weighted by Crippen LogP contribution is 2.37. The third-order valence-electron chi connectivity index (χ3n) is 8.15. The molecule has 7 aromatic carbocycles. The molecule has 7 aromatic rings. The van der Waals surface area contributed by atoms with Gasteiger partial charge in [0.25, 0.3) is 0 Å². The van der Waals surface area contributed by atoms with E-state index in [2.05, 4.69) is 132 Å². The van der Waals surface area contributed by atoms with E-state index in [4.69, 9.17) is 0 Å². The first-order valence-electron chi connectivity index (χ1n) is 15.6. The van der Waals surface area contributed by atoms with Crippen LogP contribution in [0.1, 0.15) is 41.7 Å². The SMILES string of the molecule is CC.Cc1ccc2c(c1)c(C#N)c(C#N)c1cc(C=Cc3ccc(N(c4ccccc4)c4ccc5ccccc5c4)cc3)ccc12. The Labute approximate surface area is 270 Å². The average molecular weight is 592 g/mol. The maximum absolute atomic E-state index is 10.0. The molecule has 7 rings (SSSR count). The van der Waals surface area contributed by atoms with Crippen molar-refractivity contribution >= 4 is 61.5 Å². The molecular weight excluding hydrogens is 558 g/mol. The number of hydrogen-bond acceptors (Lipinski definition) is 3. The molecule has 0 saturated heterocycles. The summed E-state index contributed by atoms with van der Waals surface area (Å²) < 4.78 is 0. The summed E-state index contributed by atoms with van der Waals surface area (Å²) in [5, 5.41) is 26.0. The lowest BCUT2D eigenvalue weighted by molar-refractivity contribution is 1.29. The highest BCUT2D eigenvalue weighted by atomic mass is 15.1. The maximum atomic E-state index is 10.0. The summed E-state index contributed by atoms with van der Waals surface area (Å²) >= 11 is 0. The molecule has 0 bridgehead atoms. The fourth-order valence-corrected chi connectivity index (χ4v) is 5.98. The van der Waals surface area contributed by atoms with Crippen LogP contribution in [0.15, 0.2) is 133 Å². The number of aryl methyl sites for hydroxylation is 1. The Bertz CT molecular complexity index is 2300. The van der Waals surface area contributed by atoms with Crippen LogP contribution in [0.25, 0.3) is 44.5 Å². The van der Waals surface area contributed by atoms with Crippen molar-refractivity contribution in [2.24, 2.45) is 0 Å². The fraction of sp³-hybridized carbons (Fsp3) is 0.0698. The van der Waals surface area contributed by atoms with Crippen molar-refractivity contribution < 1.29 is 0 Å². The molecule has 0 aromatic heterocycles. The number of fused-ring (bicyclic) bond motifs is 4. The molecule has 0 radical (unpaired) electrons. The van der Waals surface area contributed by atoms with Crippen LogP contribution in [0.5, 0.6) is 0 Å². The van der Waals surface area contributed by atoms with Gasteiger partial charge in [-0.05, 0) is 82.1 Å². The highest BCUT2D eigenvalue weighted by molar-refractivity contribution is 6.13. The average Bonchev–Trinajstić information content (AvgIpc) is 3.12. The summed E-state index contributed by atoms with van der Waals surface area (Å²) in [5.74, 6) is 0. The highest BCUT2D eigenvalue weighted by Gasteiger charge is 2.15. The van der Waals surface area contributed by atoms with Gasteiger partial charge in [0.2, 0.25) is 0 Å². The molecule has 0 aliphatic carbocycles. The lowest BCUT2D eigenvalue weighted by atomic mass is 9.91. The van der Waals surface area contributed by atoms with Crippen molar-refractivity contribution in [1.82, 2.24) is 0 Å². The van der Waals surface area contributed by atoms with Crippen molar-refractivity contribution in [3.8, 4) is 12.1 Å². The van der Waals surface area contributed by atoms with Crippen molar-refractivity contribution in [2.75, 3.05) is 4.90 Å². The molecule has 3 heteroatoms. The van der Waals surface area contributed by atoms with Gasteiger partial charge < -0.3 is 4.90 Å². The number of nitriles is 2. The molecule has 0 unspecified atom stereocenters. The fourth-order valence-electron chi connectivity index (χ4n) is 5.98. The summed E-state index contributed by atoms with van der Waals surface area (Å²) in [6.07, 6.45) is 4.13. The zero-order valence-electron chi connectivity index (χ0n) is 26.2. The van der Waals surface area contributed by atoms with Crippen LogP contribution < -0.4 is 4.90 Å². The molecule has 0 aliphatic heterocycles.